The van der Waals surface area contributed by atoms with Crippen LogP contribution in [0.25, 0.3) is 0 Å². The standard InChI is InChI=1S/C15H26N2O2/c1-12(11-19-4)17(9-10-18-3)15-8-6-5-7-14(15)13(2)16/h5-8,12-13H,9-11,16H2,1-4H3/t12?,13-/m0/s1. The second-order valence-electron chi connectivity index (χ2n) is 4.84. The summed E-state index contributed by atoms with van der Waals surface area (Å²) < 4.78 is 10.5. The van der Waals surface area contributed by atoms with Gasteiger partial charge in [-0.05, 0) is 25.5 Å². The molecule has 0 aromatic heterocycles. The van der Waals surface area contributed by atoms with Crippen LogP contribution in [0, 0.1) is 0 Å². The minimum absolute atomic E-state index is 0.0102. The summed E-state index contributed by atoms with van der Waals surface area (Å²) >= 11 is 0. The third-order valence-electron chi connectivity index (χ3n) is 3.21. The lowest BCUT2D eigenvalue weighted by Gasteiger charge is -2.33. The second-order valence-corrected chi connectivity index (χ2v) is 4.84. The van der Waals surface area contributed by atoms with Crippen molar-refractivity contribution in [2.24, 2.45) is 5.73 Å². The predicted octanol–water partition coefficient (Wildman–Crippen LogP) is 2.19. The lowest BCUT2D eigenvalue weighted by atomic mass is 10.0. The summed E-state index contributed by atoms with van der Waals surface area (Å²) in [5.41, 5.74) is 8.39. The summed E-state index contributed by atoms with van der Waals surface area (Å²) in [6, 6.07) is 8.55. The van der Waals surface area contributed by atoms with Crippen LogP contribution in [-0.4, -0.2) is 40.0 Å². The van der Waals surface area contributed by atoms with Crippen LogP contribution in [0.3, 0.4) is 0 Å². The van der Waals surface area contributed by atoms with Crippen molar-refractivity contribution in [1.82, 2.24) is 0 Å². The number of benzene rings is 1. The van der Waals surface area contributed by atoms with Crippen molar-refractivity contribution in [3.63, 3.8) is 0 Å². The third-order valence-corrected chi connectivity index (χ3v) is 3.21. The summed E-state index contributed by atoms with van der Waals surface area (Å²) in [7, 11) is 3.44. The zero-order chi connectivity index (χ0) is 14.3. The highest BCUT2D eigenvalue weighted by Gasteiger charge is 2.18. The molecule has 0 heterocycles. The van der Waals surface area contributed by atoms with Gasteiger partial charge in [0.25, 0.3) is 0 Å². The number of methoxy groups -OCH3 is 2. The quantitative estimate of drug-likeness (QED) is 0.783. The zero-order valence-electron chi connectivity index (χ0n) is 12.4. The fourth-order valence-electron chi connectivity index (χ4n) is 2.23. The number of nitrogens with two attached hydrogens (primary N) is 1. The zero-order valence-corrected chi connectivity index (χ0v) is 12.4. The molecule has 0 aliphatic heterocycles. The Morgan fingerprint density at radius 1 is 1.16 bits per heavy atom. The number of nitrogens with zero attached hydrogens (tertiary/aromatic N) is 1. The molecule has 2 atom stereocenters. The molecule has 4 nitrogen and oxygen atoms in total. The van der Waals surface area contributed by atoms with E-state index < -0.39 is 0 Å². The molecule has 1 unspecified atom stereocenters. The molecular formula is C15H26N2O2. The highest BCUT2D eigenvalue weighted by Crippen LogP contribution is 2.26. The summed E-state index contributed by atoms with van der Waals surface area (Å²) in [6.07, 6.45) is 0. The van der Waals surface area contributed by atoms with Gasteiger partial charge >= 0.3 is 0 Å². The maximum atomic E-state index is 6.07. The van der Waals surface area contributed by atoms with E-state index in [4.69, 9.17) is 15.2 Å². The van der Waals surface area contributed by atoms with Crippen LogP contribution >= 0.6 is 0 Å². The molecule has 4 heteroatoms. The van der Waals surface area contributed by atoms with E-state index in [2.05, 4.69) is 24.0 Å². The smallest absolute Gasteiger partial charge is 0.0663 e. The molecule has 108 valence electrons. The van der Waals surface area contributed by atoms with Crippen LogP contribution in [0.5, 0.6) is 0 Å². The van der Waals surface area contributed by atoms with Crippen LogP contribution < -0.4 is 10.6 Å². The van der Waals surface area contributed by atoms with Crippen LogP contribution in [0.15, 0.2) is 24.3 Å². The molecule has 19 heavy (non-hydrogen) atoms. The highest BCUT2D eigenvalue weighted by molar-refractivity contribution is 5.55. The molecule has 0 fully saturated rings. The molecule has 0 radical (unpaired) electrons. The Bertz CT molecular complexity index is 369. The number of hydrogen-bond donors (Lipinski definition) is 1. The number of ether oxygens (including phenoxy) is 2. The molecule has 0 spiro atoms. The number of para-hydroxylation sites is 1. The van der Waals surface area contributed by atoms with Gasteiger partial charge in [0, 0.05) is 38.5 Å². The second kappa shape index (κ2) is 8.15. The lowest BCUT2D eigenvalue weighted by Crippen LogP contribution is -2.39. The van der Waals surface area contributed by atoms with Gasteiger partial charge in [-0.1, -0.05) is 18.2 Å². The molecule has 0 aliphatic rings. The highest BCUT2D eigenvalue weighted by atomic mass is 16.5. The minimum Gasteiger partial charge on any atom is -0.383 e. The van der Waals surface area contributed by atoms with Crippen LogP contribution in [-0.2, 0) is 9.47 Å². The first-order valence-electron chi connectivity index (χ1n) is 6.70. The van der Waals surface area contributed by atoms with Crippen molar-refractivity contribution in [3.05, 3.63) is 29.8 Å². The number of anilines is 1. The molecule has 0 saturated carbocycles. The van der Waals surface area contributed by atoms with E-state index in [1.807, 2.05) is 19.1 Å². The van der Waals surface area contributed by atoms with E-state index in [-0.39, 0.29) is 12.1 Å². The predicted molar refractivity (Wildman–Crippen MR) is 79.6 cm³/mol. The topological polar surface area (TPSA) is 47.7 Å². The molecule has 1 rings (SSSR count). The van der Waals surface area contributed by atoms with Crippen molar-refractivity contribution in [2.45, 2.75) is 25.9 Å². The van der Waals surface area contributed by atoms with Crippen molar-refractivity contribution < 1.29 is 9.47 Å². The van der Waals surface area contributed by atoms with Crippen LogP contribution in [0.2, 0.25) is 0 Å². The molecule has 0 aliphatic carbocycles. The maximum Gasteiger partial charge on any atom is 0.0663 e. The fraction of sp³-hybridized carbons (Fsp3) is 0.600. The summed E-state index contributed by atoms with van der Waals surface area (Å²) in [4.78, 5) is 2.30. The van der Waals surface area contributed by atoms with Crippen molar-refractivity contribution in [3.8, 4) is 0 Å². The Morgan fingerprint density at radius 3 is 2.42 bits per heavy atom. The van der Waals surface area contributed by atoms with Gasteiger partial charge in [0.2, 0.25) is 0 Å². The molecule has 2 N–H and O–H groups in total. The summed E-state index contributed by atoms with van der Waals surface area (Å²) in [5.74, 6) is 0. The first kappa shape index (κ1) is 16.0. The maximum absolute atomic E-state index is 6.07. The van der Waals surface area contributed by atoms with Gasteiger partial charge < -0.3 is 20.1 Å². The van der Waals surface area contributed by atoms with Gasteiger partial charge in [-0.15, -0.1) is 0 Å². The first-order valence-corrected chi connectivity index (χ1v) is 6.70. The van der Waals surface area contributed by atoms with E-state index in [1.165, 1.54) is 5.69 Å². The van der Waals surface area contributed by atoms with Crippen molar-refractivity contribution in [1.29, 1.82) is 0 Å². The van der Waals surface area contributed by atoms with Gasteiger partial charge in [-0.25, -0.2) is 0 Å². The number of hydrogen-bond acceptors (Lipinski definition) is 4. The molecular weight excluding hydrogens is 240 g/mol. The normalized spacial score (nSPS) is 14.2. The third kappa shape index (κ3) is 4.49. The van der Waals surface area contributed by atoms with Gasteiger partial charge in [0.1, 0.15) is 0 Å². The average molecular weight is 266 g/mol. The average Bonchev–Trinajstić information content (AvgIpc) is 2.40. The van der Waals surface area contributed by atoms with E-state index in [0.29, 0.717) is 13.2 Å². The van der Waals surface area contributed by atoms with Gasteiger partial charge in [0.05, 0.1) is 13.2 Å². The Hall–Kier alpha value is -1.10. The van der Waals surface area contributed by atoms with Crippen molar-refractivity contribution in [2.75, 3.05) is 38.9 Å². The van der Waals surface area contributed by atoms with Gasteiger partial charge in [-0.3, -0.25) is 0 Å². The Morgan fingerprint density at radius 2 is 1.84 bits per heavy atom. The Kier molecular flexibility index (Phi) is 6.84. The van der Waals surface area contributed by atoms with Gasteiger partial charge in [0.15, 0.2) is 0 Å². The lowest BCUT2D eigenvalue weighted by molar-refractivity contribution is 0.171. The fourth-order valence-corrected chi connectivity index (χ4v) is 2.23. The number of rotatable bonds is 8. The van der Waals surface area contributed by atoms with E-state index in [1.54, 1.807) is 14.2 Å². The molecule has 0 amide bonds. The van der Waals surface area contributed by atoms with E-state index >= 15 is 0 Å². The Balaban J connectivity index is 3.02. The largest absolute Gasteiger partial charge is 0.383 e. The van der Waals surface area contributed by atoms with E-state index in [0.717, 1.165) is 12.1 Å². The van der Waals surface area contributed by atoms with Crippen LogP contribution in [0.1, 0.15) is 25.5 Å². The molecule has 0 saturated heterocycles. The monoisotopic (exact) mass is 266 g/mol. The van der Waals surface area contributed by atoms with Gasteiger partial charge in [-0.2, -0.15) is 0 Å². The van der Waals surface area contributed by atoms with E-state index in [9.17, 15) is 0 Å². The summed E-state index contributed by atoms with van der Waals surface area (Å²) in [5, 5.41) is 0. The molecule has 0 bridgehead atoms. The first-order chi connectivity index (χ1) is 9.11. The molecule has 1 aromatic rings. The van der Waals surface area contributed by atoms with Crippen LogP contribution in [0.4, 0.5) is 5.69 Å². The molecule has 1 aromatic carbocycles. The Labute approximate surface area is 116 Å². The minimum atomic E-state index is 0.0102. The summed E-state index contributed by atoms with van der Waals surface area (Å²) in [6.45, 7) is 6.34. The SMILES string of the molecule is COCCN(c1ccccc1[C@H](C)N)C(C)COC. The van der Waals surface area contributed by atoms with Crippen molar-refractivity contribution >= 4 is 5.69 Å².